The second-order valence-electron chi connectivity index (χ2n) is 11.5. The molecule has 0 spiro atoms. The second-order valence-corrected chi connectivity index (χ2v) is 11.5. The number of amidine groups is 1. The van der Waals surface area contributed by atoms with E-state index >= 15 is 0 Å². The van der Waals surface area contributed by atoms with Gasteiger partial charge in [0.2, 0.25) is 5.95 Å². The van der Waals surface area contributed by atoms with Gasteiger partial charge >= 0.3 is 0 Å². The van der Waals surface area contributed by atoms with Gasteiger partial charge in [0, 0.05) is 36.7 Å². The zero-order valence-corrected chi connectivity index (χ0v) is 25.4. The van der Waals surface area contributed by atoms with Crippen LogP contribution in [0.15, 0.2) is 35.5 Å². The lowest BCUT2D eigenvalue weighted by atomic mass is 9.94. The Hall–Kier alpha value is -2.92. The molecule has 8 N–H and O–H groups in total. The molecule has 2 aromatic rings. The van der Waals surface area contributed by atoms with E-state index in [4.69, 9.17) is 21.0 Å². The van der Waals surface area contributed by atoms with Gasteiger partial charge in [0.15, 0.2) is 5.82 Å². The molecule has 5 aliphatic rings. The van der Waals surface area contributed by atoms with Crippen LogP contribution in [0.3, 0.4) is 0 Å². The predicted molar refractivity (Wildman–Crippen MR) is 170 cm³/mol. The zero-order valence-electron chi connectivity index (χ0n) is 25.4. The van der Waals surface area contributed by atoms with Crippen molar-refractivity contribution in [2.45, 2.75) is 101 Å². The van der Waals surface area contributed by atoms with Crippen LogP contribution in [0.2, 0.25) is 0 Å². The molecular weight excluding hydrogens is 528 g/mol. The molecule has 42 heavy (non-hydrogen) atoms. The van der Waals surface area contributed by atoms with Crippen LogP contribution >= 0.6 is 0 Å². The number of aliphatic imine (C=N–C) groups is 1. The number of hydrazine groups is 1. The van der Waals surface area contributed by atoms with Gasteiger partial charge in [-0.15, -0.1) is 0 Å². The first kappa shape index (κ1) is 33.6. The van der Waals surface area contributed by atoms with Crippen molar-refractivity contribution in [2.24, 2.45) is 22.4 Å². The van der Waals surface area contributed by atoms with Gasteiger partial charge in [-0.1, -0.05) is 50.3 Å². The first-order chi connectivity index (χ1) is 20.6. The molecule has 0 amide bonds. The molecule has 3 aliphatic carbocycles. The van der Waals surface area contributed by atoms with Gasteiger partial charge in [0.1, 0.15) is 12.6 Å². The molecular formula is C32H52N8O2. The van der Waals surface area contributed by atoms with Crippen molar-refractivity contribution < 1.29 is 9.53 Å². The maximum atomic E-state index is 8.00. The molecule has 0 radical (unpaired) electrons. The van der Waals surface area contributed by atoms with Crippen LogP contribution < -0.4 is 28.1 Å². The molecule has 2 saturated carbocycles. The standard InChI is InChI=1S/C12H18N6.C12H14O.C6H13N.CH5N.CH2O/c13-12-14-6-5-10(16-12)15-11-7-9(17-18-11)8-3-1-2-4-8;1-2-9-4-5-11(6-10(9)3-1)12-7-13-8-12;7-6-4-2-1-3-5-6;2*1-2/h5-6,8-9,17H,1-4,7H2,(H3,13,14,15,16,18);4-6,12H,1-3,7-8H2;6H,1-5,7H2;2H2,1H3;1H2. The summed E-state index contributed by atoms with van der Waals surface area (Å²) in [5, 5.41) is 0. The zero-order chi connectivity index (χ0) is 30.2. The second kappa shape index (κ2) is 18.6. The normalized spacial score (nSPS) is 22.5. The minimum Gasteiger partial charge on any atom is -0.380 e. The van der Waals surface area contributed by atoms with E-state index in [1.54, 1.807) is 23.4 Å². The third kappa shape index (κ3) is 10.4. The highest BCUT2D eigenvalue weighted by Crippen LogP contribution is 2.31. The molecule has 10 nitrogen and oxygen atoms in total. The van der Waals surface area contributed by atoms with Crippen LogP contribution in [0.1, 0.15) is 93.2 Å². The van der Waals surface area contributed by atoms with Crippen molar-refractivity contribution in [3.63, 3.8) is 0 Å². The number of carbonyl (C=O) groups excluding carboxylic acids is 1. The number of ether oxygens (including phenoxy) is 1. The monoisotopic (exact) mass is 580 g/mol. The Morgan fingerprint density at radius 3 is 2.24 bits per heavy atom. The molecule has 10 heteroatoms. The first-order valence-corrected chi connectivity index (χ1v) is 15.6. The quantitative estimate of drug-likeness (QED) is 0.359. The Morgan fingerprint density at radius 2 is 1.62 bits per heavy atom. The molecule has 1 unspecified atom stereocenters. The Bertz CT molecular complexity index is 1080. The molecule has 2 aliphatic heterocycles. The molecule has 1 aromatic carbocycles. The number of aryl methyl sites for hydroxylation is 2. The van der Waals surface area contributed by atoms with Crippen molar-refractivity contribution in [3.8, 4) is 0 Å². The summed E-state index contributed by atoms with van der Waals surface area (Å²) in [7, 11) is 1.50. The van der Waals surface area contributed by atoms with Crippen LogP contribution in [0.25, 0.3) is 0 Å². The molecule has 3 heterocycles. The molecule has 1 atom stereocenters. The van der Waals surface area contributed by atoms with E-state index in [9.17, 15) is 0 Å². The number of nitrogens with one attached hydrogen (secondary N) is 2. The number of nitrogen functional groups attached to an aromatic ring is 1. The number of aromatic nitrogens is 2. The van der Waals surface area contributed by atoms with Crippen LogP contribution in [0.4, 0.5) is 11.8 Å². The summed E-state index contributed by atoms with van der Waals surface area (Å²) in [6.07, 6.45) is 18.5. The van der Waals surface area contributed by atoms with Crippen molar-refractivity contribution in [2.75, 3.05) is 26.0 Å². The first-order valence-electron chi connectivity index (χ1n) is 15.6. The third-order valence-corrected chi connectivity index (χ3v) is 8.57. The molecule has 2 saturated heterocycles. The van der Waals surface area contributed by atoms with E-state index in [-0.39, 0.29) is 5.95 Å². The number of hydrogen-bond donors (Lipinski definition) is 5. The number of fused-ring (bicyclic) bond motifs is 1. The summed E-state index contributed by atoms with van der Waals surface area (Å²) in [6, 6.07) is 9.80. The molecule has 7 rings (SSSR count). The maximum Gasteiger partial charge on any atom is 0.221 e. The molecule has 1 aromatic heterocycles. The topological polar surface area (TPSA) is 167 Å². The van der Waals surface area contributed by atoms with Gasteiger partial charge in [-0.05, 0) is 74.6 Å². The van der Waals surface area contributed by atoms with Gasteiger partial charge in [-0.2, -0.15) is 4.98 Å². The van der Waals surface area contributed by atoms with Gasteiger partial charge in [0.05, 0.1) is 13.2 Å². The number of anilines is 1. The summed E-state index contributed by atoms with van der Waals surface area (Å²) in [6.45, 7) is 3.86. The predicted octanol–water partition coefficient (Wildman–Crippen LogP) is 4.10. The number of benzene rings is 1. The van der Waals surface area contributed by atoms with E-state index in [0.717, 1.165) is 31.4 Å². The van der Waals surface area contributed by atoms with E-state index in [2.05, 4.69) is 49.7 Å². The van der Waals surface area contributed by atoms with Crippen LogP contribution in [-0.4, -0.2) is 54.9 Å². The SMILES string of the molecule is C=O.CN.NC1CCCCC1.Nc1nccc(N=C2CC(C3CCCC3)NN2)n1.c1cc2c(cc1C1COC1)CCC2. The smallest absolute Gasteiger partial charge is 0.221 e. The Balaban J connectivity index is 0.000000176. The van der Waals surface area contributed by atoms with Crippen molar-refractivity contribution in [1.29, 1.82) is 0 Å². The number of nitrogens with zero attached hydrogens (tertiary/aromatic N) is 3. The Kier molecular flexibility index (Phi) is 14.9. The lowest BCUT2D eigenvalue weighted by molar-refractivity contribution is -0.0980. The van der Waals surface area contributed by atoms with Crippen LogP contribution in [-0.2, 0) is 22.4 Å². The lowest BCUT2D eigenvalue weighted by Crippen LogP contribution is -2.35. The highest BCUT2D eigenvalue weighted by Gasteiger charge is 2.30. The van der Waals surface area contributed by atoms with Crippen molar-refractivity contribution in [1.82, 2.24) is 20.8 Å². The highest BCUT2D eigenvalue weighted by atomic mass is 16.5. The van der Waals surface area contributed by atoms with E-state index in [1.807, 2.05) is 6.79 Å². The van der Waals surface area contributed by atoms with Gasteiger partial charge < -0.3 is 32.2 Å². The average Bonchev–Trinajstić information content (AvgIpc) is 3.78. The summed E-state index contributed by atoms with van der Waals surface area (Å²) in [4.78, 5) is 20.4. The van der Waals surface area contributed by atoms with E-state index in [0.29, 0.717) is 23.8 Å². The lowest BCUT2D eigenvalue weighted by Gasteiger charge is -2.26. The minimum atomic E-state index is 0.259. The number of hydrogen-bond acceptors (Lipinski definition) is 9. The van der Waals surface area contributed by atoms with E-state index in [1.165, 1.54) is 89.7 Å². The largest absolute Gasteiger partial charge is 0.380 e. The summed E-state index contributed by atoms with van der Waals surface area (Å²) in [5.41, 5.74) is 26.8. The summed E-state index contributed by atoms with van der Waals surface area (Å²) < 4.78 is 5.21. The average molecular weight is 581 g/mol. The number of rotatable bonds is 3. The van der Waals surface area contributed by atoms with Crippen molar-refractivity contribution in [3.05, 3.63) is 47.2 Å². The van der Waals surface area contributed by atoms with Gasteiger partial charge in [-0.25, -0.2) is 15.4 Å². The Labute approximate surface area is 251 Å². The van der Waals surface area contributed by atoms with Crippen molar-refractivity contribution >= 4 is 24.4 Å². The van der Waals surface area contributed by atoms with Crippen LogP contribution in [0, 0.1) is 5.92 Å². The molecule has 4 fully saturated rings. The van der Waals surface area contributed by atoms with Gasteiger partial charge in [-0.3, -0.25) is 0 Å². The Morgan fingerprint density at radius 1 is 0.929 bits per heavy atom. The minimum absolute atomic E-state index is 0.259. The number of carbonyl (C=O) groups is 1. The fraction of sp³-hybridized carbons (Fsp3) is 0.625. The number of nitrogens with two attached hydrogens (primary N) is 3. The van der Waals surface area contributed by atoms with E-state index < -0.39 is 0 Å². The van der Waals surface area contributed by atoms with Gasteiger partial charge in [0.25, 0.3) is 0 Å². The maximum absolute atomic E-state index is 8.00. The molecule has 232 valence electrons. The van der Waals surface area contributed by atoms with Crippen LogP contribution in [0.5, 0.6) is 0 Å². The molecule has 0 bridgehead atoms. The fourth-order valence-electron chi connectivity index (χ4n) is 6.18. The highest BCUT2D eigenvalue weighted by molar-refractivity contribution is 5.86. The summed E-state index contributed by atoms with van der Waals surface area (Å²) >= 11 is 0. The summed E-state index contributed by atoms with van der Waals surface area (Å²) in [5.74, 6) is 3.27. The fourth-order valence-corrected chi connectivity index (χ4v) is 6.18. The third-order valence-electron chi connectivity index (χ3n) is 8.57.